The molecular weight excluding hydrogens is 184 g/mol. The molecule has 0 aliphatic carbocycles. The molecule has 0 spiro atoms. The van der Waals surface area contributed by atoms with Crippen LogP contribution in [0.2, 0.25) is 0 Å². The maximum atomic E-state index is 11.3. The van der Waals surface area contributed by atoms with Crippen LogP contribution in [0.1, 0.15) is 6.92 Å². The second-order valence-corrected chi connectivity index (χ2v) is 4.00. The summed E-state index contributed by atoms with van der Waals surface area (Å²) in [4.78, 5) is 0. The summed E-state index contributed by atoms with van der Waals surface area (Å²) < 4.78 is 13.1. The van der Waals surface area contributed by atoms with Crippen molar-refractivity contribution in [1.82, 2.24) is 0 Å². The maximum Gasteiger partial charge on any atom is 0.116 e. The molecule has 0 radical (unpaired) electrons. The minimum Gasteiger partial charge on any atom is -0.399 e. The lowest BCUT2D eigenvalue weighted by atomic mass is 10.3. The van der Waals surface area contributed by atoms with Crippen molar-refractivity contribution in [3.8, 4) is 0 Å². The van der Waals surface area contributed by atoms with Crippen LogP contribution in [0.15, 0.2) is 24.3 Å². The Kier molecular flexibility index (Phi) is 3.31. The molecule has 0 amide bonds. The van der Waals surface area contributed by atoms with Gasteiger partial charge in [-0.05, 0) is 25.1 Å². The molecule has 0 aromatic heterocycles. The first kappa shape index (κ1) is 10.1. The third-order valence-corrected chi connectivity index (χ3v) is 2.85. The highest BCUT2D eigenvalue weighted by molar-refractivity contribution is 7.85. The van der Waals surface area contributed by atoms with E-state index in [-0.39, 0.29) is 0 Å². The van der Waals surface area contributed by atoms with Crippen molar-refractivity contribution >= 4 is 22.4 Å². The van der Waals surface area contributed by atoms with Gasteiger partial charge in [0.2, 0.25) is 0 Å². The molecule has 1 unspecified atom stereocenters. The smallest absolute Gasteiger partial charge is 0.116 e. The lowest BCUT2D eigenvalue weighted by Gasteiger charge is -2.19. The summed E-state index contributed by atoms with van der Waals surface area (Å²) in [7, 11) is -0.985. The third kappa shape index (κ3) is 2.45. The molecule has 0 fully saturated rings. The Bertz CT molecular complexity index is 314. The molecule has 1 atom stereocenters. The number of nitrogens with zero attached hydrogens (tertiary/aromatic N) is 1. The molecule has 0 saturated heterocycles. The standard InChI is InChI=1S/C9H14N2OS/c1-3-11(13(2)12)9-6-4-5-8(10)7-9/h4-7H,3,10H2,1-2H3. The van der Waals surface area contributed by atoms with Gasteiger partial charge >= 0.3 is 0 Å². The monoisotopic (exact) mass is 198 g/mol. The highest BCUT2D eigenvalue weighted by Gasteiger charge is 2.06. The van der Waals surface area contributed by atoms with Gasteiger partial charge in [-0.25, -0.2) is 4.21 Å². The largest absolute Gasteiger partial charge is 0.399 e. The normalized spacial score (nSPS) is 12.5. The minimum atomic E-state index is -0.985. The predicted octanol–water partition coefficient (Wildman–Crippen LogP) is 1.39. The van der Waals surface area contributed by atoms with E-state index < -0.39 is 11.0 Å². The zero-order valence-electron chi connectivity index (χ0n) is 7.86. The fourth-order valence-electron chi connectivity index (χ4n) is 1.19. The van der Waals surface area contributed by atoms with Crippen LogP contribution >= 0.6 is 0 Å². The molecule has 0 bridgehead atoms. The molecule has 1 rings (SSSR count). The molecule has 72 valence electrons. The number of hydrogen-bond donors (Lipinski definition) is 1. The van der Waals surface area contributed by atoms with E-state index in [1.54, 1.807) is 10.6 Å². The Hall–Kier alpha value is -1.03. The molecule has 3 nitrogen and oxygen atoms in total. The van der Waals surface area contributed by atoms with E-state index in [9.17, 15) is 4.21 Å². The molecule has 0 aliphatic heterocycles. The van der Waals surface area contributed by atoms with E-state index in [0.717, 1.165) is 5.69 Å². The average molecular weight is 198 g/mol. The first-order chi connectivity index (χ1) is 6.15. The van der Waals surface area contributed by atoms with Gasteiger partial charge in [-0.2, -0.15) is 0 Å². The van der Waals surface area contributed by atoms with E-state index in [0.29, 0.717) is 12.2 Å². The Morgan fingerprint density at radius 2 is 2.23 bits per heavy atom. The van der Waals surface area contributed by atoms with Gasteiger partial charge in [0.05, 0.1) is 5.69 Å². The van der Waals surface area contributed by atoms with Crippen molar-refractivity contribution in [2.24, 2.45) is 0 Å². The van der Waals surface area contributed by atoms with Gasteiger partial charge in [-0.3, -0.25) is 4.31 Å². The van der Waals surface area contributed by atoms with Crippen LogP contribution < -0.4 is 10.0 Å². The predicted molar refractivity (Wildman–Crippen MR) is 57.9 cm³/mol. The van der Waals surface area contributed by atoms with Gasteiger partial charge in [-0.15, -0.1) is 0 Å². The fraction of sp³-hybridized carbons (Fsp3) is 0.333. The van der Waals surface area contributed by atoms with Gasteiger partial charge in [0, 0.05) is 18.5 Å². The molecule has 13 heavy (non-hydrogen) atoms. The van der Waals surface area contributed by atoms with Crippen LogP contribution in [-0.2, 0) is 11.0 Å². The molecule has 0 heterocycles. The number of anilines is 2. The Morgan fingerprint density at radius 3 is 2.69 bits per heavy atom. The summed E-state index contributed by atoms with van der Waals surface area (Å²) >= 11 is 0. The summed E-state index contributed by atoms with van der Waals surface area (Å²) in [5.74, 6) is 0. The minimum absolute atomic E-state index is 0.696. The Balaban J connectivity index is 2.98. The van der Waals surface area contributed by atoms with Gasteiger partial charge in [-0.1, -0.05) is 6.07 Å². The van der Waals surface area contributed by atoms with Crippen molar-refractivity contribution in [1.29, 1.82) is 0 Å². The number of nitrogens with two attached hydrogens (primary N) is 1. The van der Waals surface area contributed by atoms with Crippen LogP contribution in [0.5, 0.6) is 0 Å². The van der Waals surface area contributed by atoms with Crippen molar-refractivity contribution in [3.05, 3.63) is 24.3 Å². The third-order valence-electron chi connectivity index (χ3n) is 1.76. The first-order valence-electron chi connectivity index (χ1n) is 4.11. The average Bonchev–Trinajstić information content (AvgIpc) is 2.04. The van der Waals surface area contributed by atoms with Gasteiger partial charge in [0.25, 0.3) is 0 Å². The van der Waals surface area contributed by atoms with Crippen molar-refractivity contribution in [3.63, 3.8) is 0 Å². The van der Waals surface area contributed by atoms with Gasteiger partial charge < -0.3 is 5.73 Å². The van der Waals surface area contributed by atoms with Crippen LogP contribution in [0.4, 0.5) is 11.4 Å². The lowest BCUT2D eigenvalue weighted by Crippen LogP contribution is -2.24. The van der Waals surface area contributed by atoms with E-state index in [2.05, 4.69) is 0 Å². The Morgan fingerprint density at radius 1 is 1.54 bits per heavy atom. The second kappa shape index (κ2) is 4.28. The van der Waals surface area contributed by atoms with Crippen molar-refractivity contribution in [2.45, 2.75) is 6.92 Å². The summed E-state index contributed by atoms with van der Waals surface area (Å²) in [5.41, 5.74) is 7.23. The van der Waals surface area contributed by atoms with Gasteiger partial charge in [0.15, 0.2) is 0 Å². The molecule has 1 aromatic carbocycles. The van der Waals surface area contributed by atoms with Crippen LogP contribution in [0, 0.1) is 0 Å². The highest BCUT2D eigenvalue weighted by Crippen LogP contribution is 2.17. The molecular formula is C9H14N2OS. The van der Waals surface area contributed by atoms with Crippen LogP contribution in [0.25, 0.3) is 0 Å². The Labute approximate surface area is 81.1 Å². The summed E-state index contributed by atoms with van der Waals surface area (Å²) in [6.07, 6.45) is 1.66. The summed E-state index contributed by atoms with van der Waals surface area (Å²) in [6, 6.07) is 7.41. The number of benzene rings is 1. The number of nitrogen functional groups attached to an aromatic ring is 1. The first-order valence-corrected chi connectivity index (χ1v) is 5.63. The summed E-state index contributed by atoms with van der Waals surface area (Å²) in [6.45, 7) is 2.68. The van der Waals surface area contributed by atoms with Crippen LogP contribution in [-0.4, -0.2) is 17.0 Å². The number of hydrogen-bond acceptors (Lipinski definition) is 2. The van der Waals surface area contributed by atoms with E-state index in [4.69, 9.17) is 5.73 Å². The van der Waals surface area contributed by atoms with E-state index >= 15 is 0 Å². The molecule has 2 N–H and O–H groups in total. The fourth-order valence-corrected chi connectivity index (χ4v) is 1.97. The lowest BCUT2D eigenvalue weighted by molar-refractivity contribution is 0.683. The van der Waals surface area contributed by atoms with Crippen LogP contribution in [0.3, 0.4) is 0 Å². The van der Waals surface area contributed by atoms with Gasteiger partial charge in [0.1, 0.15) is 11.0 Å². The number of rotatable bonds is 3. The summed E-state index contributed by atoms with van der Waals surface area (Å²) in [5, 5.41) is 0. The maximum absolute atomic E-state index is 11.3. The topological polar surface area (TPSA) is 46.3 Å². The van der Waals surface area contributed by atoms with Crippen molar-refractivity contribution in [2.75, 3.05) is 22.8 Å². The molecule has 0 aliphatic rings. The SMILES string of the molecule is CCN(c1cccc(N)c1)S(C)=O. The molecule has 4 heteroatoms. The quantitative estimate of drug-likeness (QED) is 0.746. The zero-order valence-corrected chi connectivity index (χ0v) is 8.67. The van der Waals surface area contributed by atoms with E-state index in [1.165, 1.54) is 0 Å². The molecule has 0 saturated carbocycles. The highest BCUT2D eigenvalue weighted by atomic mass is 32.2. The molecule has 1 aromatic rings. The zero-order chi connectivity index (χ0) is 9.84. The second-order valence-electron chi connectivity index (χ2n) is 2.71. The van der Waals surface area contributed by atoms with Crippen molar-refractivity contribution < 1.29 is 4.21 Å². The van der Waals surface area contributed by atoms with E-state index in [1.807, 2.05) is 31.2 Å².